The van der Waals surface area contributed by atoms with Gasteiger partial charge in [0.25, 0.3) is 5.56 Å². The van der Waals surface area contributed by atoms with E-state index >= 15 is 0 Å². The van der Waals surface area contributed by atoms with Crippen LogP contribution in [0.2, 0.25) is 0 Å². The number of methoxy groups -OCH3 is 1. The predicted octanol–water partition coefficient (Wildman–Crippen LogP) is 3.64. The van der Waals surface area contributed by atoms with E-state index in [0.717, 1.165) is 25.8 Å². The minimum absolute atomic E-state index is 0.161. The highest BCUT2D eigenvalue weighted by molar-refractivity contribution is 6.42. The van der Waals surface area contributed by atoms with Crippen molar-refractivity contribution in [2.75, 3.05) is 13.7 Å². The fraction of sp³-hybridized carbons (Fsp3) is 0.462. The number of hydrogen-bond donors (Lipinski definition) is 1. The van der Waals surface area contributed by atoms with E-state index in [4.69, 9.17) is 4.74 Å². The normalized spacial score (nSPS) is 24.9. The number of piperidine rings is 1. The topological polar surface area (TPSA) is 97.0 Å². The average Bonchev–Trinajstić information content (AvgIpc) is 2.82. The monoisotopic (exact) mass is 462 g/mol. The fourth-order valence-corrected chi connectivity index (χ4v) is 5.65. The molecule has 2 bridgehead atoms. The van der Waals surface area contributed by atoms with Gasteiger partial charge in [-0.15, -0.1) is 0 Å². The van der Waals surface area contributed by atoms with Crippen LogP contribution in [-0.4, -0.2) is 51.0 Å². The van der Waals surface area contributed by atoms with E-state index in [1.54, 1.807) is 10.6 Å². The lowest BCUT2D eigenvalue weighted by Crippen LogP contribution is -2.47. The van der Waals surface area contributed by atoms with Crippen LogP contribution in [0.3, 0.4) is 0 Å². The van der Waals surface area contributed by atoms with Gasteiger partial charge in [-0.25, -0.2) is 9.78 Å². The quantitative estimate of drug-likeness (QED) is 0.231. The lowest BCUT2D eigenvalue weighted by Gasteiger charge is -2.56. The van der Waals surface area contributed by atoms with E-state index in [1.807, 2.05) is 25.1 Å². The minimum Gasteiger partial charge on any atom is -0.464 e. The van der Waals surface area contributed by atoms with Gasteiger partial charge in [-0.2, -0.15) is 0 Å². The Balaban J connectivity index is 1.49. The zero-order valence-electron chi connectivity index (χ0n) is 19.6. The molecule has 1 N–H and O–H groups in total. The molecule has 34 heavy (non-hydrogen) atoms. The van der Waals surface area contributed by atoms with Crippen LogP contribution in [0, 0.1) is 11.8 Å². The number of benzene rings is 1. The summed E-state index contributed by atoms with van der Waals surface area (Å²) in [5.41, 5.74) is 2.94. The first-order valence-electron chi connectivity index (χ1n) is 11.9. The van der Waals surface area contributed by atoms with Crippen molar-refractivity contribution in [1.82, 2.24) is 14.5 Å². The van der Waals surface area contributed by atoms with Gasteiger partial charge in [0, 0.05) is 30.5 Å². The number of rotatable bonds is 6. The van der Waals surface area contributed by atoms with Crippen molar-refractivity contribution in [3.05, 3.63) is 64.2 Å². The lowest BCUT2D eigenvalue weighted by molar-refractivity contribution is -0.132. The fourth-order valence-electron chi connectivity index (χ4n) is 5.65. The summed E-state index contributed by atoms with van der Waals surface area (Å²) < 4.78 is 6.37. The Morgan fingerprint density at radius 3 is 2.79 bits per heavy atom. The molecular formula is C26H30N4O4. The summed E-state index contributed by atoms with van der Waals surface area (Å²) in [5.74, 6) is 0.245. The number of aromatic nitrogens is 2. The van der Waals surface area contributed by atoms with Gasteiger partial charge < -0.3 is 19.4 Å². The molecule has 1 aromatic carbocycles. The van der Waals surface area contributed by atoms with Crippen LogP contribution < -0.4 is 5.56 Å². The molecule has 3 saturated carbocycles. The van der Waals surface area contributed by atoms with Crippen molar-refractivity contribution >= 4 is 22.7 Å². The van der Waals surface area contributed by atoms with Crippen molar-refractivity contribution in [1.29, 1.82) is 0 Å². The van der Waals surface area contributed by atoms with Gasteiger partial charge in [0.15, 0.2) is 5.69 Å². The number of hydrogen-bond acceptors (Lipinski definition) is 7. The van der Waals surface area contributed by atoms with Gasteiger partial charge in [0.1, 0.15) is 0 Å². The molecule has 2 heterocycles. The Hall–Kier alpha value is -3.42. The summed E-state index contributed by atoms with van der Waals surface area (Å²) in [6, 6.07) is 7.47. The molecule has 6 rings (SSSR count). The highest BCUT2D eigenvalue weighted by Crippen LogP contribution is 2.61. The molecule has 4 fully saturated rings. The van der Waals surface area contributed by atoms with Gasteiger partial charge in [-0.3, -0.25) is 4.79 Å². The van der Waals surface area contributed by atoms with Crippen LogP contribution >= 0.6 is 0 Å². The van der Waals surface area contributed by atoms with Crippen LogP contribution in [0.25, 0.3) is 11.0 Å². The molecule has 1 aliphatic heterocycles. The number of oxime groups is 1. The van der Waals surface area contributed by atoms with Crippen LogP contribution in [0.5, 0.6) is 0 Å². The first kappa shape index (κ1) is 22.4. The van der Waals surface area contributed by atoms with Gasteiger partial charge in [-0.1, -0.05) is 29.4 Å². The van der Waals surface area contributed by atoms with E-state index in [2.05, 4.69) is 27.8 Å². The second-order valence-corrected chi connectivity index (χ2v) is 9.58. The maximum absolute atomic E-state index is 13.6. The number of allylic oxidation sites excluding steroid dienone is 2. The molecule has 178 valence electrons. The Bertz CT molecular complexity index is 1260. The summed E-state index contributed by atoms with van der Waals surface area (Å²) in [7, 11) is 1.17. The molecule has 0 spiro atoms. The van der Waals surface area contributed by atoms with E-state index in [0.29, 0.717) is 28.9 Å². The zero-order chi connectivity index (χ0) is 24.0. The van der Waals surface area contributed by atoms with Gasteiger partial charge in [-0.05, 0) is 62.9 Å². The van der Waals surface area contributed by atoms with Gasteiger partial charge in [0.05, 0.1) is 18.1 Å². The number of likely N-dealkylation sites (tertiary alicyclic amines) is 1. The Morgan fingerprint density at radius 2 is 2.12 bits per heavy atom. The molecule has 8 nitrogen and oxygen atoms in total. The molecule has 0 radical (unpaired) electrons. The SMILES string of the molecule is C=C1C2CC1C2=CN1CCCC[C@H]1C[C@H](C)n1c(=O)c(/C(=N/O)C(=O)OC)nc2ccccc21. The van der Waals surface area contributed by atoms with Crippen molar-refractivity contribution in [2.24, 2.45) is 17.0 Å². The third-order valence-electron chi connectivity index (χ3n) is 7.71. The lowest BCUT2D eigenvalue weighted by atomic mass is 9.49. The second kappa shape index (κ2) is 8.74. The summed E-state index contributed by atoms with van der Waals surface area (Å²) in [6.07, 6.45) is 7.78. The van der Waals surface area contributed by atoms with Gasteiger partial charge in [0.2, 0.25) is 5.71 Å². The molecule has 4 aliphatic rings. The maximum Gasteiger partial charge on any atom is 0.362 e. The van der Waals surface area contributed by atoms with Crippen molar-refractivity contribution < 1.29 is 14.7 Å². The molecule has 4 atom stereocenters. The van der Waals surface area contributed by atoms with Crippen LogP contribution in [-0.2, 0) is 9.53 Å². The van der Waals surface area contributed by atoms with E-state index < -0.39 is 17.2 Å². The van der Waals surface area contributed by atoms with E-state index in [-0.39, 0.29) is 11.7 Å². The number of fused-ring (bicyclic) bond motifs is 1. The van der Waals surface area contributed by atoms with E-state index in [1.165, 1.54) is 31.1 Å². The summed E-state index contributed by atoms with van der Waals surface area (Å²) in [5, 5.41) is 12.5. The second-order valence-electron chi connectivity index (χ2n) is 9.58. The molecular weight excluding hydrogens is 432 g/mol. The first-order chi connectivity index (χ1) is 16.4. The minimum atomic E-state index is -0.910. The largest absolute Gasteiger partial charge is 0.464 e. The highest BCUT2D eigenvalue weighted by Gasteiger charge is 2.51. The molecule has 2 unspecified atom stereocenters. The van der Waals surface area contributed by atoms with Crippen LogP contribution in [0.15, 0.2) is 58.1 Å². The van der Waals surface area contributed by atoms with Crippen LogP contribution in [0.1, 0.15) is 50.8 Å². The number of carbonyl (C=O) groups excluding carboxylic acids is 1. The Labute approximate surface area is 198 Å². The third kappa shape index (κ3) is 3.52. The molecule has 8 heteroatoms. The standard InChI is InChI=1S/C26H30N4O4/c1-15(12-17-8-6-7-11-29(17)14-20-18-13-19(20)16(18)2)30-22-10-5-4-9-21(22)27-23(25(30)31)24(28-33)26(32)34-3/h4-5,9-10,14-15,17-19,33H,2,6-8,11-13H2,1,3H3/b20-14?,28-24-/t15-,17-,18?,19?/m0/s1. The number of nitrogens with zero attached hydrogens (tertiary/aromatic N) is 4. The zero-order valence-corrected chi connectivity index (χ0v) is 19.6. The smallest absolute Gasteiger partial charge is 0.362 e. The van der Waals surface area contributed by atoms with Crippen molar-refractivity contribution in [2.45, 2.75) is 51.1 Å². The Morgan fingerprint density at radius 1 is 1.35 bits per heavy atom. The van der Waals surface area contributed by atoms with Crippen molar-refractivity contribution in [3.63, 3.8) is 0 Å². The summed E-state index contributed by atoms with van der Waals surface area (Å²) in [4.78, 5) is 32.5. The summed E-state index contributed by atoms with van der Waals surface area (Å²) in [6.45, 7) is 7.21. The van der Waals surface area contributed by atoms with E-state index in [9.17, 15) is 14.8 Å². The first-order valence-corrected chi connectivity index (χ1v) is 11.9. The molecule has 1 saturated heterocycles. The summed E-state index contributed by atoms with van der Waals surface area (Å²) >= 11 is 0. The number of carbonyl (C=O) groups is 1. The maximum atomic E-state index is 13.6. The molecule has 1 aromatic heterocycles. The predicted molar refractivity (Wildman–Crippen MR) is 129 cm³/mol. The third-order valence-corrected chi connectivity index (χ3v) is 7.71. The molecule has 0 amide bonds. The number of ether oxygens (including phenoxy) is 1. The number of para-hydroxylation sites is 2. The average molecular weight is 463 g/mol. The van der Waals surface area contributed by atoms with Crippen LogP contribution in [0.4, 0.5) is 0 Å². The number of esters is 1. The molecule has 3 aliphatic carbocycles. The van der Waals surface area contributed by atoms with Gasteiger partial charge >= 0.3 is 5.97 Å². The highest BCUT2D eigenvalue weighted by atomic mass is 16.5. The van der Waals surface area contributed by atoms with Crippen molar-refractivity contribution in [3.8, 4) is 0 Å². The Kier molecular flexibility index (Phi) is 5.75. The molecule has 2 aromatic rings.